The molecule has 2 heterocycles. The molecule has 2 rings (SSSR count). The normalized spacial score (nSPS) is 12.1. The Morgan fingerprint density at radius 3 is 2.79 bits per heavy atom. The van der Waals surface area contributed by atoms with E-state index in [0.29, 0.717) is 5.56 Å². The zero-order valence-electron chi connectivity index (χ0n) is 10.9. The Hall–Kier alpha value is -1.84. The number of nitrogens with one attached hydrogen (secondary N) is 1. The molecule has 19 heavy (non-hydrogen) atoms. The van der Waals surface area contributed by atoms with Gasteiger partial charge in [-0.1, -0.05) is 25.2 Å². The van der Waals surface area contributed by atoms with Crippen molar-refractivity contribution < 1.29 is 0 Å². The second-order valence-electron chi connectivity index (χ2n) is 4.01. The van der Waals surface area contributed by atoms with Crippen molar-refractivity contribution in [1.82, 2.24) is 20.5 Å². The molecule has 0 aliphatic heterocycles. The molecule has 98 valence electrons. The number of hydrogen-bond acceptors (Lipinski definition) is 6. The van der Waals surface area contributed by atoms with E-state index in [1.165, 1.54) is 0 Å². The molecular weight excluding hydrogens is 258 g/mol. The van der Waals surface area contributed by atoms with Gasteiger partial charge in [-0.3, -0.25) is 4.98 Å². The van der Waals surface area contributed by atoms with E-state index in [2.05, 4.69) is 34.3 Å². The van der Waals surface area contributed by atoms with Gasteiger partial charge < -0.3 is 5.32 Å². The van der Waals surface area contributed by atoms with E-state index in [1.807, 2.05) is 6.07 Å². The Morgan fingerprint density at radius 2 is 2.21 bits per heavy atom. The zero-order valence-corrected chi connectivity index (χ0v) is 11.7. The van der Waals surface area contributed by atoms with Gasteiger partial charge in [0.2, 0.25) is 0 Å². The lowest BCUT2D eigenvalue weighted by Crippen LogP contribution is -2.19. The van der Waals surface area contributed by atoms with Crippen LogP contribution in [0, 0.1) is 11.3 Å². The summed E-state index contributed by atoms with van der Waals surface area (Å²) in [5.74, 6) is 0. The van der Waals surface area contributed by atoms with Gasteiger partial charge in [-0.2, -0.15) is 5.26 Å². The summed E-state index contributed by atoms with van der Waals surface area (Å²) in [7, 11) is 0. The first-order valence-corrected chi connectivity index (χ1v) is 7.03. The van der Waals surface area contributed by atoms with E-state index in [-0.39, 0.29) is 6.04 Å². The number of nitrogens with zero attached hydrogens (tertiary/aromatic N) is 4. The highest BCUT2D eigenvalue weighted by atomic mass is 32.1. The van der Waals surface area contributed by atoms with Crippen LogP contribution in [-0.2, 0) is 0 Å². The van der Waals surface area contributed by atoms with E-state index in [1.54, 1.807) is 29.7 Å². The van der Waals surface area contributed by atoms with Gasteiger partial charge in [-0.15, -0.1) is 10.2 Å². The van der Waals surface area contributed by atoms with Crippen LogP contribution in [-0.4, -0.2) is 21.7 Å². The molecule has 2 aromatic rings. The van der Waals surface area contributed by atoms with E-state index >= 15 is 0 Å². The fourth-order valence-corrected chi connectivity index (χ4v) is 2.70. The standard InChI is InChI=1S/C13H15N5S/c1-3-10(15-4-2)12-17-18-13(19-12)11-6-5-9(7-14)8-16-11/h5-6,8,10,15H,3-4H2,1-2H3. The van der Waals surface area contributed by atoms with Crippen LogP contribution in [0.5, 0.6) is 0 Å². The predicted octanol–water partition coefficient (Wildman–Crippen LogP) is 2.53. The van der Waals surface area contributed by atoms with E-state index in [4.69, 9.17) is 5.26 Å². The summed E-state index contributed by atoms with van der Waals surface area (Å²) in [5.41, 5.74) is 1.31. The Bertz CT molecular complexity index is 569. The molecule has 0 fully saturated rings. The van der Waals surface area contributed by atoms with E-state index in [0.717, 1.165) is 28.7 Å². The lowest BCUT2D eigenvalue weighted by molar-refractivity contribution is 0.531. The molecule has 0 saturated carbocycles. The summed E-state index contributed by atoms with van der Waals surface area (Å²) < 4.78 is 0. The minimum atomic E-state index is 0.245. The third-order valence-electron chi connectivity index (χ3n) is 2.71. The first kappa shape index (κ1) is 13.6. The molecule has 1 atom stereocenters. The molecule has 6 heteroatoms. The van der Waals surface area contributed by atoms with Crippen molar-refractivity contribution >= 4 is 11.3 Å². The molecule has 0 saturated heterocycles. The fourth-order valence-electron chi connectivity index (χ4n) is 1.72. The van der Waals surface area contributed by atoms with Gasteiger partial charge in [0, 0.05) is 6.20 Å². The monoisotopic (exact) mass is 273 g/mol. The zero-order chi connectivity index (χ0) is 13.7. The van der Waals surface area contributed by atoms with Gasteiger partial charge in [0.25, 0.3) is 0 Å². The summed E-state index contributed by atoms with van der Waals surface area (Å²) in [6, 6.07) is 5.84. The maximum absolute atomic E-state index is 8.74. The fraction of sp³-hybridized carbons (Fsp3) is 0.385. The summed E-state index contributed by atoms with van der Waals surface area (Å²) in [6.07, 6.45) is 2.53. The van der Waals surface area contributed by atoms with Crippen molar-refractivity contribution in [3.63, 3.8) is 0 Å². The molecule has 1 N–H and O–H groups in total. The average molecular weight is 273 g/mol. The maximum Gasteiger partial charge on any atom is 0.166 e. The van der Waals surface area contributed by atoms with Gasteiger partial charge >= 0.3 is 0 Å². The molecule has 5 nitrogen and oxygen atoms in total. The minimum Gasteiger partial charge on any atom is -0.308 e. The van der Waals surface area contributed by atoms with Gasteiger partial charge in [0.05, 0.1) is 11.6 Å². The lowest BCUT2D eigenvalue weighted by atomic mass is 10.2. The van der Waals surface area contributed by atoms with Crippen molar-refractivity contribution in [3.05, 3.63) is 28.9 Å². The third-order valence-corrected chi connectivity index (χ3v) is 3.77. The Labute approximate surface area is 116 Å². The molecule has 0 aliphatic rings. The van der Waals surface area contributed by atoms with Crippen molar-refractivity contribution in [3.8, 4) is 16.8 Å². The van der Waals surface area contributed by atoms with Gasteiger partial charge in [0.1, 0.15) is 16.8 Å². The van der Waals surface area contributed by atoms with Crippen LogP contribution in [0.1, 0.15) is 36.9 Å². The van der Waals surface area contributed by atoms with Crippen molar-refractivity contribution in [2.24, 2.45) is 0 Å². The molecule has 0 aromatic carbocycles. The number of aromatic nitrogens is 3. The van der Waals surface area contributed by atoms with Crippen LogP contribution in [0.2, 0.25) is 0 Å². The Balaban J connectivity index is 2.22. The molecule has 0 radical (unpaired) electrons. The number of pyridine rings is 1. The first-order valence-electron chi connectivity index (χ1n) is 6.21. The molecule has 1 unspecified atom stereocenters. The topological polar surface area (TPSA) is 74.5 Å². The molecule has 0 spiro atoms. The van der Waals surface area contributed by atoms with Crippen LogP contribution in [0.15, 0.2) is 18.3 Å². The number of nitriles is 1. The van der Waals surface area contributed by atoms with Crippen LogP contribution < -0.4 is 5.32 Å². The van der Waals surface area contributed by atoms with Gasteiger partial charge in [-0.05, 0) is 25.1 Å². The summed E-state index contributed by atoms with van der Waals surface area (Å²) >= 11 is 1.54. The third kappa shape index (κ3) is 3.13. The first-order chi connectivity index (χ1) is 9.28. The second-order valence-corrected chi connectivity index (χ2v) is 5.02. The maximum atomic E-state index is 8.74. The summed E-state index contributed by atoms with van der Waals surface area (Å²) in [5, 5.41) is 22.3. The molecule has 0 aliphatic carbocycles. The predicted molar refractivity (Wildman–Crippen MR) is 74.6 cm³/mol. The molecule has 0 amide bonds. The SMILES string of the molecule is CCNC(CC)c1nnc(-c2ccc(C#N)cn2)s1. The Kier molecular flexibility index (Phi) is 4.55. The average Bonchev–Trinajstić information content (AvgIpc) is 2.94. The van der Waals surface area contributed by atoms with Crippen LogP contribution >= 0.6 is 11.3 Å². The summed E-state index contributed by atoms with van der Waals surface area (Å²) in [6.45, 7) is 5.10. The van der Waals surface area contributed by atoms with Gasteiger partial charge in [-0.25, -0.2) is 0 Å². The quantitative estimate of drug-likeness (QED) is 0.906. The lowest BCUT2D eigenvalue weighted by Gasteiger charge is -2.10. The number of rotatable bonds is 5. The largest absolute Gasteiger partial charge is 0.308 e. The molecule has 0 bridgehead atoms. The second kappa shape index (κ2) is 6.36. The highest BCUT2D eigenvalue weighted by Crippen LogP contribution is 2.26. The smallest absolute Gasteiger partial charge is 0.166 e. The minimum absolute atomic E-state index is 0.245. The van der Waals surface area contributed by atoms with Crippen LogP contribution in [0.4, 0.5) is 0 Å². The molecule has 2 aromatic heterocycles. The van der Waals surface area contributed by atoms with E-state index < -0.39 is 0 Å². The van der Waals surface area contributed by atoms with Crippen molar-refractivity contribution in [2.45, 2.75) is 26.3 Å². The molecular formula is C13H15N5S. The van der Waals surface area contributed by atoms with Crippen molar-refractivity contribution in [1.29, 1.82) is 5.26 Å². The van der Waals surface area contributed by atoms with Crippen molar-refractivity contribution in [2.75, 3.05) is 6.54 Å². The number of hydrogen-bond donors (Lipinski definition) is 1. The Morgan fingerprint density at radius 1 is 1.37 bits per heavy atom. The van der Waals surface area contributed by atoms with E-state index in [9.17, 15) is 0 Å². The van der Waals surface area contributed by atoms with Crippen LogP contribution in [0.25, 0.3) is 10.7 Å². The highest BCUT2D eigenvalue weighted by Gasteiger charge is 2.15. The summed E-state index contributed by atoms with van der Waals surface area (Å²) in [4.78, 5) is 4.23. The van der Waals surface area contributed by atoms with Gasteiger partial charge in [0.15, 0.2) is 5.01 Å². The highest BCUT2D eigenvalue weighted by molar-refractivity contribution is 7.14. The van der Waals surface area contributed by atoms with Crippen LogP contribution in [0.3, 0.4) is 0 Å².